The molecule has 0 heterocycles. The van der Waals surface area contributed by atoms with Gasteiger partial charge in [-0.3, -0.25) is 4.79 Å². The van der Waals surface area contributed by atoms with Gasteiger partial charge in [0, 0.05) is 0 Å². The molecule has 3 aromatic carbocycles. The smallest absolute Gasteiger partial charge is 0.343 e. The number of para-hydroxylation sites is 1. The van der Waals surface area contributed by atoms with Crippen molar-refractivity contribution >= 4 is 18.1 Å². The third kappa shape index (κ3) is 5.20. The summed E-state index contributed by atoms with van der Waals surface area (Å²) in [6.07, 6.45) is 1.41. The molecule has 3 aromatic rings. The number of carbonyl (C=O) groups is 2. The number of methoxy groups -OCH3 is 1. The number of esters is 1. The summed E-state index contributed by atoms with van der Waals surface area (Å²) in [6.45, 7) is 0. The van der Waals surface area contributed by atoms with Gasteiger partial charge in [-0.05, 0) is 54.1 Å². The van der Waals surface area contributed by atoms with Gasteiger partial charge in [0.2, 0.25) is 0 Å². The highest BCUT2D eigenvalue weighted by molar-refractivity contribution is 5.97. The summed E-state index contributed by atoms with van der Waals surface area (Å²) in [5.74, 6) is -0.198. The van der Waals surface area contributed by atoms with Crippen molar-refractivity contribution in [3.63, 3.8) is 0 Å². The highest BCUT2D eigenvalue weighted by Gasteiger charge is 2.10. The van der Waals surface area contributed by atoms with Crippen LogP contribution in [0.4, 0.5) is 0 Å². The Bertz CT molecular complexity index is 1050. The molecule has 0 spiro atoms. The minimum absolute atomic E-state index is 0.117. The van der Waals surface area contributed by atoms with Gasteiger partial charge >= 0.3 is 5.97 Å². The van der Waals surface area contributed by atoms with Gasteiger partial charge in [0.15, 0.2) is 0 Å². The third-order valence-corrected chi connectivity index (χ3v) is 3.92. The predicted molar refractivity (Wildman–Crippen MR) is 108 cm³/mol. The molecule has 146 valence electrons. The molecule has 0 aliphatic carbocycles. The average molecular weight is 390 g/mol. The number of phenols is 1. The Hall–Kier alpha value is -4.13. The number of rotatable bonds is 6. The number of hydrogen-bond donors (Lipinski definition) is 2. The number of hydrazone groups is 1. The fourth-order valence-electron chi connectivity index (χ4n) is 2.44. The molecule has 7 heteroatoms. The monoisotopic (exact) mass is 390 g/mol. The molecule has 0 unspecified atom stereocenters. The molecule has 0 saturated heterocycles. The number of nitrogens with one attached hydrogen (secondary N) is 1. The molecule has 0 atom stereocenters. The summed E-state index contributed by atoms with van der Waals surface area (Å²) < 4.78 is 10.4. The maximum absolute atomic E-state index is 12.2. The second-order valence-electron chi connectivity index (χ2n) is 5.91. The summed E-state index contributed by atoms with van der Waals surface area (Å²) >= 11 is 0. The van der Waals surface area contributed by atoms with E-state index < -0.39 is 11.9 Å². The van der Waals surface area contributed by atoms with Gasteiger partial charge in [-0.2, -0.15) is 5.10 Å². The first-order valence-corrected chi connectivity index (χ1v) is 8.64. The summed E-state index contributed by atoms with van der Waals surface area (Å²) in [7, 11) is 1.55. The Morgan fingerprint density at radius 3 is 2.45 bits per heavy atom. The Morgan fingerprint density at radius 1 is 0.966 bits per heavy atom. The molecule has 7 nitrogen and oxygen atoms in total. The highest BCUT2D eigenvalue weighted by Crippen LogP contribution is 2.17. The normalized spacial score (nSPS) is 10.5. The van der Waals surface area contributed by atoms with Gasteiger partial charge in [0.25, 0.3) is 5.91 Å². The molecule has 0 radical (unpaired) electrons. The molecule has 3 rings (SSSR count). The molecule has 0 aliphatic rings. The van der Waals surface area contributed by atoms with Crippen LogP contribution in [-0.2, 0) is 0 Å². The van der Waals surface area contributed by atoms with Gasteiger partial charge in [0.05, 0.1) is 24.5 Å². The van der Waals surface area contributed by atoms with Crippen LogP contribution in [0, 0.1) is 0 Å². The molecule has 0 saturated carbocycles. The standard InChI is InChI=1S/C22H18N2O5/c1-28-17-11-9-16(10-12-17)22(27)29-18-6-4-5-15(13-18)14-23-24-21(26)19-7-2-3-8-20(19)25/h2-14,25H,1H3,(H,24,26)/b23-14+. The lowest BCUT2D eigenvalue weighted by Crippen LogP contribution is -2.17. The topological polar surface area (TPSA) is 97.2 Å². The predicted octanol–water partition coefficient (Wildman–Crippen LogP) is 3.38. The first-order valence-electron chi connectivity index (χ1n) is 8.64. The van der Waals surface area contributed by atoms with Crippen LogP contribution in [-0.4, -0.2) is 30.3 Å². The second kappa shape index (κ2) is 9.18. The summed E-state index contributed by atoms with van der Waals surface area (Å²) in [5, 5.41) is 13.5. The van der Waals surface area contributed by atoms with E-state index in [1.807, 2.05) is 0 Å². The van der Waals surface area contributed by atoms with Crippen molar-refractivity contribution in [3.05, 3.63) is 89.5 Å². The zero-order chi connectivity index (χ0) is 20.6. The molecule has 2 N–H and O–H groups in total. The van der Waals surface area contributed by atoms with E-state index in [1.54, 1.807) is 67.8 Å². The summed E-state index contributed by atoms with van der Waals surface area (Å²) in [6, 6.07) is 19.4. The van der Waals surface area contributed by atoms with E-state index >= 15 is 0 Å². The van der Waals surface area contributed by atoms with Crippen molar-refractivity contribution in [1.82, 2.24) is 5.43 Å². The Labute approximate surface area is 167 Å². The minimum atomic E-state index is -0.540. The molecular weight excluding hydrogens is 372 g/mol. The average Bonchev–Trinajstić information content (AvgIpc) is 2.74. The van der Waals surface area contributed by atoms with Crippen LogP contribution in [0.25, 0.3) is 0 Å². The maximum Gasteiger partial charge on any atom is 0.343 e. The van der Waals surface area contributed by atoms with Crippen LogP contribution in [0.1, 0.15) is 26.3 Å². The quantitative estimate of drug-likeness (QED) is 0.291. The van der Waals surface area contributed by atoms with E-state index in [0.29, 0.717) is 22.6 Å². The van der Waals surface area contributed by atoms with Gasteiger partial charge in [-0.1, -0.05) is 24.3 Å². The Balaban J connectivity index is 1.63. The third-order valence-electron chi connectivity index (χ3n) is 3.92. The van der Waals surface area contributed by atoms with Gasteiger partial charge in [-0.15, -0.1) is 0 Å². The van der Waals surface area contributed by atoms with Gasteiger partial charge in [0.1, 0.15) is 17.2 Å². The molecule has 1 amide bonds. The van der Waals surface area contributed by atoms with E-state index in [1.165, 1.54) is 18.3 Å². The second-order valence-corrected chi connectivity index (χ2v) is 5.91. The molecule has 0 aromatic heterocycles. The lowest BCUT2D eigenvalue weighted by molar-refractivity contribution is 0.0734. The van der Waals surface area contributed by atoms with E-state index in [0.717, 1.165) is 0 Å². The number of ether oxygens (including phenoxy) is 2. The summed E-state index contributed by atoms with van der Waals surface area (Å²) in [4.78, 5) is 24.2. The van der Waals surface area contributed by atoms with Crippen molar-refractivity contribution < 1.29 is 24.2 Å². The van der Waals surface area contributed by atoms with Crippen molar-refractivity contribution in [2.24, 2.45) is 5.10 Å². The number of carbonyl (C=O) groups excluding carboxylic acids is 2. The number of amides is 1. The number of phenolic OH excluding ortho intramolecular Hbond substituents is 1. The van der Waals surface area contributed by atoms with Crippen LogP contribution in [0.15, 0.2) is 77.9 Å². The largest absolute Gasteiger partial charge is 0.507 e. The first-order chi connectivity index (χ1) is 14.1. The number of aromatic hydroxyl groups is 1. The van der Waals surface area contributed by atoms with E-state index in [9.17, 15) is 14.7 Å². The van der Waals surface area contributed by atoms with Crippen LogP contribution < -0.4 is 14.9 Å². The molecule has 0 aliphatic heterocycles. The number of nitrogens with zero attached hydrogens (tertiary/aromatic N) is 1. The SMILES string of the molecule is COc1ccc(C(=O)Oc2cccc(/C=N/NC(=O)c3ccccc3O)c2)cc1. The zero-order valence-electron chi connectivity index (χ0n) is 15.5. The van der Waals surface area contributed by atoms with E-state index in [-0.39, 0.29) is 11.3 Å². The minimum Gasteiger partial charge on any atom is -0.507 e. The van der Waals surface area contributed by atoms with Crippen LogP contribution in [0.5, 0.6) is 17.2 Å². The van der Waals surface area contributed by atoms with Gasteiger partial charge in [-0.25, -0.2) is 10.2 Å². The van der Waals surface area contributed by atoms with Crippen molar-refractivity contribution in [2.45, 2.75) is 0 Å². The molecule has 0 bridgehead atoms. The maximum atomic E-state index is 12.2. The molecule has 0 fully saturated rings. The van der Waals surface area contributed by atoms with Crippen LogP contribution >= 0.6 is 0 Å². The lowest BCUT2D eigenvalue weighted by atomic mass is 10.2. The number of hydrogen-bond acceptors (Lipinski definition) is 6. The van der Waals surface area contributed by atoms with Gasteiger partial charge < -0.3 is 14.6 Å². The van der Waals surface area contributed by atoms with Crippen molar-refractivity contribution in [3.8, 4) is 17.2 Å². The van der Waals surface area contributed by atoms with Crippen LogP contribution in [0.2, 0.25) is 0 Å². The van der Waals surface area contributed by atoms with E-state index in [4.69, 9.17) is 9.47 Å². The van der Waals surface area contributed by atoms with E-state index in [2.05, 4.69) is 10.5 Å². The van der Waals surface area contributed by atoms with Crippen molar-refractivity contribution in [1.29, 1.82) is 0 Å². The molecule has 29 heavy (non-hydrogen) atoms. The molecular formula is C22H18N2O5. The van der Waals surface area contributed by atoms with Crippen molar-refractivity contribution in [2.75, 3.05) is 7.11 Å². The fraction of sp³-hybridized carbons (Fsp3) is 0.0455. The summed E-state index contributed by atoms with van der Waals surface area (Å²) in [5.41, 5.74) is 3.46. The number of benzene rings is 3. The first kappa shape index (κ1) is 19.6. The fourth-order valence-corrected chi connectivity index (χ4v) is 2.44. The highest BCUT2D eigenvalue weighted by atomic mass is 16.5. The van der Waals surface area contributed by atoms with Crippen LogP contribution in [0.3, 0.4) is 0 Å². The Kier molecular flexibility index (Phi) is 6.22. The zero-order valence-corrected chi connectivity index (χ0v) is 15.5. The Morgan fingerprint density at radius 2 is 1.72 bits per heavy atom. The lowest BCUT2D eigenvalue weighted by Gasteiger charge is -2.06.